The Morgan fingerprint density at radius 1 is 1.26 bits per heavy atom. The number of quaternary nitrogens is 1. The number of nitrogens with zero attached hydrogens (tertiary/aromatic N) is 1. The van der Waals surface area contributed by atoms with Crippen LogP contribution in [-0.4, -0.2) is 31.0 Å². The SMILES string of the molecule is COc1ccc([N+](=O)[O-])cc1NC(=O)[C@@H](C)[NH+](C)Cc1ccc(C)cc1C. The van der Waals surface area contributed by atoms with Gasteiger partial charge in [-0.15, -0.1) is 0 Å². The van der Waals surface area contributed by atoms with Crippen molar-refractivity contribution < 1.29 is 19.4 Å². The molecule has 0 aromatic heterocycles. The predicted octanol–water partition coefficient (Wildman–Crippen LogP) is 2.26. The Morgan fingerprint density at radius 2 is 1.96 bits per heavy atom. The zero-order valence-corrected chi connectivity index (χ0v) is 16.3. The minimum atomic E-state index is -0.504. The molecule has 0 spiro atoms. The molecule has 2 aromatic rings. The van der Waals surface area contributed by atoms with E-state index in [4.69, 9.17) is 4.74 Å². The average Bonchev–Trinajstić information content (AvgIpc) is 2.63. The molecule has 0 aliphatic carbocycles. The number of anilines is 1. The van der Waals surface area contributed by atoms with Crippen molar-refractivity contribution in [2.75, 3.05) is 19.5 Å². The number of methoxy groups -OCH3 is 1. The van der Waals surface area contributed by atoms with Crippen LogP contribution in [0.3, 0.4) is 0 Å². The van der Waals surface area contributed by atoms with Crippen LogP contribution in [0.1, 0.15) is 23.6 Å². The molecule has 2 aromatic carbocycles. The molecule has 0 heterocycles. The number of hydrogen-bond donors (Lipinski definition) is 2. The smallest absolute Gasteiger partial charge is 0.282 e. The number of likely N-dealkylation sites (N-methyl/N-ethyl adjacent to an activating group) is 1. The lowest BCUT2D eigenvalue weighted by Gasteiger charge is -2.22. The molecule has 0 fully saturated rings. The fourth-order valence-corrected chi connectivity index (χ4v) is 2.87. The third kappa shape index (κ3) is 5.04. The molecule has 144 valence electrons. The topological polar surface area (TPSA) is 85.9 Å². The largest absolute Gasteiger partial charge is 0.495 e. The Balaban J connectivity index is 2.12. The number of nitro benzene ring substituents is 1. The Morgan fingerprint density at radius 3 is 2.56 bits per heavy atom. The molecule has 0 aliphatic heterocycles. The Labute approximate surface area is 159 Å². The molecule has 0 aliphatic rings. The minimum absolute atomic E-state index is 0.102. The van der Waals surface area contributed by atoms with Gasteiger partial charge in [-0.1, -0.05) is 23.8 Å². The summed E-state index contributed by atoms with van der Waals surface area (Å²) in [5.41, 5.74) is 3.78. The maximum absolute atomic E-state index is 12.7. The fraction of sp³-hybridized carbons (Fsp3) is 0.350. The molecular weight excluding hydrogens is 346 g/mol. The molecule has 7 nitrogen and oxygen atoms in total. The minimum Gasteiger partial charge on any atom is -0.495 e. The number of rotatable bonds is 7. The number of amides is 1. The maximum Gasteiger partial charge on any atom is 0.282 e. The van der Waals surface area contributed by atoms with E-state index in [-0.39, 0.29) is 17.6 Å². The van der Waals surface area contributed by atoms with Crippen LogP contribution in [0.15, 0.2) is 36.4 Å². The van der Waals surface area contributed by atoms with Gasteiger partial charge in [0.15, 0.2) is 6.04 Å². The fourth-order valence-electron chi connectivity index (χ4n) is 2.87. The van der Waals surface area contributed by atoms with E-state index in [1.54, 1.807) is 0 Å². The van der Waals surface area contributed by atoms with E-state index in [9.17, 15) is 14.9 Å². The molecule has 0 bridgehead atoms. The van der Waals surface area contributed by atoms with Gasteiger partial charge in [-0.2, -0.15) is 0 Å². The number of carbonyl (C=O) groups excluding carboxylic acids is 1. The first-order valence-electron chi connectivity index (χ1n) is 8.74. The normalized spacial score (nSPS) is 12.9. The third-order valence-corrected chi connectivity index (χ3v) is 4.75. The molecule has 0 saturated carbocycles. The van der Waals surface area contributed by atoms with Crippen LogP contribution < -0.4 is 15.0 Å². The highest BCUT2D eigenvalue weighted by Crippen LogP contribution is 2.28. The standard InChI is InChI=1S/C20H25N3O4/c1-13-6-7-16(14(2)10-13)12-22(4)15(3)20(24)21-18-11-17(23(25)26)8-9-19(18)27-5/h6-11,15H,12H2,1-5H3,(H,21,24)/p+1/t15-/m1/s1. The van der Waals surface area contributed by atoms with E-state index in [1.807, 2.05) is 14.0 Å². The van der Waals surface area contributed by atoms with Crippen molar-refractivity contribution in [3.05, 3.63) is 63.2 Å². The number of benzene rings is 2. The summed E-state index contributed by atoms with van der Waals surface area (Å²) in [6.07, 6.45) is 0. The van der Waals surface area contributed by atoms with Crippen LogP contribution in [0.5, 0.6) is 5.75 Å². The molecule has 0 saturated heterocycles. The van der Waals surface area contributed by atoms with Crippen molar-refractivity contribution in [1.29, 1.82) is 0 Å². The van der Waals surface area contributed by atoms with Crippen LogP contribution in [0.25, 0.3) is 0 Å². The Hall–Kier alpha value is -2.93. The van der Waals surface area contributed by atoms with Crippen molar-refractivity contribution in [1.82, 2.24) is 0 Å². The van der Waals surface area contributed by atoms with E-state index >= 15 is 0 Å². The zero-order chi connectivity index (χ0) is 20.1. The highest BCUT2D eigenvalue weighted by molar-refractivity contribution is 5.95. The lowest BCUT2D eigenvalue weighted by atomic mass is 10.0. The second-order valence-corrected chi connectivity index (χ2v) is 6.81. The van der Waals surface area contributed by atoms with Crippen LogP contribution >= 0.6 is 0 Å². The number of hydrogen-bond acceptors (Lipinski definition) is 4. The first-order valence-corrected chi connectivity index (χ1v) is 8.74. The summed E-state index contributed by atoms with van der Waals surface area (Å²) >= 11 is 0. The van der Waals surface area contributed by atoms with E-state index in [2.05, 4.69) is 37.4 Å². The van der Waals surface area contributed by atoms with Gasteiger partial charge in [-0.25, -0.2) is 0 Å². The number of non-ortho nitro benzene ring substituents is 1. The van der Waals surface area contributed by atoms with Gasteiger partial charge in [-0.3, -0.25) is 14.9 Å². The summed E-state index contributed by atoms with van der Waals surface area (Å²) in [5.74, 6) is 0.157. The van der Waals surface area contributed by atoms with Gasteiger partial charge in [-0.05, 0) is 32.4 Å². The average molecular weight is 372 g/mol. The van der Waals surface area contributed by atoms with Crippen LogP contribution in [0.2, 0.25) is 0 Å². The van der Waals surface area contributed by atoms with Crippen LogP contribution in [0, 0.1) is 24.0 Å². The molecule has 2 rings (SSSR count). The van der Waals surface area contributed by atoms with Crippen molar-refractivity contribution >= 4 is 17.3 Å². The molecule has 27 heavy (non-hydrogen) atoms. The Kier molecular flexibility index (Phi) is 6.52. The lowest BCUT2D eigenvalue weighted by molar-refractivity contribution is -0.907. The Bertz CT molecular complexity index is 851. The molecule has 1 unspecified atom stereocenters. The van der Waals surface area contributed by atoms with E-state index in [0.717, 1.165) is 4.90 Å². The number of carbonyl (C=O) groups is 1. The molecule has 2 N–H and O–H groups in total. The lowest BCUT2D eigenvalue weighted by Crippen LogP contribution is -3.12. The quantitative estimate of drug-likeness (QED) is 0.577. The van der Waals surface area contributed by atoms with E-state index in [0.29, 0.717) is 18.0 Å². The summed E-state index contributed by atoms with van der Waals surface area (Å²) in [4.78, 5) is 24.2. The van der Waals surface area contributed by atoms with Gasteiger partial charge in [0.2, 0.25) is 0 Å². The molecule has 7 heteroatoms. The van der Waals surface area contributed by atoms with Gasteiger partial charge in [0.1, 0.15) is 12.3 Å². The van der Waals surface area contributed by atoms with Crippen LogP contribution in [-0.2, 0) is 11.3 Å². The van der Waals surface area contributed by atoms with Crippen molar-refractivity contribution in [3.63, 3.8) is 0 Å². The van der Waals surface area contributed by atoms with Gasteiger partial charge in [0.05, 0.1) is 24.8 Å². The highest BCUT2D eigenvalue weighted by atomic mass is 16.6. The zero-order valence-electron chi connectivity index (χ0n) is 16.3. The maximum atomic E-state index is 12.7. The molecule has 0 radical (unpaired) electrons. The van der Waals surface area contributed by atoms with Crippen LogP contribution in [0.4, 0.5) is 11.4 Å². The summed E-state index contributed by atoms with van der Waals surface area (Å²) < 4.78 is 5.20. The monoisotopic (exact) mass is 372 g/mol. The van der Waals surface area contributed by atoms with Crippen molar-refractivity contribution in [2.45, 2.75) is 33.4 Å². The van der Waals surface area contributed by atoms with Crippen molar-refractivity contribution in [3.8, 4) is 5.75 Å². The molecule has 1 amide bonds. The summed E-state index contributed by atoms with van der Waals surface area (Å²) in [5, 5.41) is 13.7. The van der Waals surface area contributed by atoms with E-state index < -0.39 is 4.92 Å². The van der Waals surface area contributed by atoms with Gasteiger partial charge >= 0.3 is 0 Å². The summed E-state index contributed by atoms with van der Waals surface area (Å²) in [6, 6.07) is 10.1. The van der Waals surface area contributed by atoms with Gasteiger partial charge < -0.3 is 15.0 Å². The third-order valence-electron chi connectivity index (χ3n) is 4.75. The molecular formula is C20H26N3O4+. The first-order chi connectivity index (χ1) is 12.7. The second-order valence-electron chi connectivity index (χ2n) is 6.81. The highest BCUT2D eigenvalue weighted by Gasteiger charge is 2.24. The van der Waals surface area contributed by atoms with Gasteiger partial charge in [0.25, 0.3) is 11.6 Å². The summed E-state index contributed by atoms with van der Waals surface area (Å²) in [6.45, 7) is 6.65. The van der Waals surface area contributed by atoms with Gasteiger partial charge in [0, 0.05) is 17.7 Å². The summed E-state index contributed by atoms with van der Waals surface area (Å²) in [7, 11) is 3.41. The predicted molar refractivity (Wildman–Crippen MR) is 104 cm³/mol. The molecule has 2 atom stereocenters. The first kappa shape index (κ1) is 20.4. The number of aryl methyl sites for hydroxylation is 2. The second kappa shape index (κ2) is 8.64. The van der Waals surface area contributed by atoms with Crippen molar-refractivity contribution in [2.24, 2.45) is 0 Å². The number of nitrogens with one attached hydrogen (secondary N) is 2. The number of ether oxygens (including phenoxy) is 1. The van der Waals surface area contributed by atoms with E-state index in [1.165, 1.54) is 42.0 Å². The number of nitro groups is 1.